The molecular formula is C15H20O. The molecule has 0 aromatic heterocycles. The van der Waals surface area contributed by atoms with Gasteiger partial charge in [-0.25, -0.2) is 0 Å². The monoisotopic (exact) mass is 216 g/mol. The molecule has 86 valence electrons. The minimum absolute atomic E-state index is 0.263. The maximum atomic E-state index is 12.0. The summed E-state index contributed by atoms with van der Waals surface area (Å²) in [5.74, 6) is 0.281. The summed E-state index contributed by atoms with van der Waals surface area (Å²) in [5.41, 5.74) is 2.07. The molecule has 0 aliphatic rings. The molecule has 1 aromatic rings. The van der Waals surface area contributed by atoms with E-state index in [-0.39, 0.29) is 11.2 Å². The first kappa shape index (κ1) is 12.7. The quantitative estimate of drug-likeness (QED) is 0.703. The molecule has 1 nitrogen and oxygen atoms in total. The van der Waals surface area contributed by atoms with Crippen molar-refractivity contribution in [3.8, 4) is 0 Å². The van der Waals surface area contributed by atoms with Gasteiger partial charge in [0.05, 0.1) is 0 Å². The van der Waals surface area contributed by atoms with Crippen LogP contribution in [0.3, 0.4) is 0 Å². The zero-order chi connectivity index (χ0) is 12.2. The summed E-state index contributed by atoms with van der Waals surface area (Å²) in [5, 5.41) is 0. The fourth-order valence-electron chi connectivity index (χ4n) is 1.52. The first-order valence-electron chi connectivity index (χ1n) is 5.66. The van der Waals surface area contributed by atoms with Crippen LogP contribution in [0.25, 0.3) is 0 Å². The third-order valence-electron chi connectivity index (χ3n) is 2.67. The highest BCUT2D eigenvalue weighted by Gasteiger charge is 2.21. The summed E-state index contributed by atoms with van der Waals surface area (Å²) >= 11 is 0. The van der Waals surface area contributed by atoms with Gasteiger partial charge in [-0.15, -0.1) is 6.58 Å². The Hall–Kier alpha value is -1.37. The van der Waals surface area contributed by atoms with Crippen LogP contribution in [0.2, 0.25) is 0 Å². The molecule has 0 unspecified atom stereocenters. The zero-order valence-electron chi connectivity index (χ0n) is 10.4. The van der Waals surface area contributed by atoms with Gasteiger partial charge in [0.2, 0.25) is 0 Å². The van der Waals surface area contributed by atoms with Crippen LogP contribution >= 0.6 is 0 Å². The average molecular weight is 216 g/mol. The van der Waals surface area contributed by atoms with Crippen molar-refractivity contribution < 1.29 is 4.79 Å². The lowest BCUT2D eigenvalue weighted by atomic mass is 9.86. The number of rotatable bonds is 4. The number of ketones is 1. The molecule has 0 N–H and O–H groups in total. The number of benzene rings is 1. The molecular weight excluding hydrogens is 196 g/mol. The van der Waals surface area contributed by atoms with Crippen molar-refractivity contribution in [1.29, 1.82) is 0 Å². The Labute approximate surface area is 98.2 Å². The smallest absolute Gasteiger partial charge is 0.142 e. The molecule has 0 saturated carbocycles. The molecule has 0 fully saturated rings. The summed E-state index contributed by atoms with van der Waals surface area (Å²) in [6.45, 7) is 9.63. The summed E-state index contributed by atoms with van der Waals surface area (Å²) in [7, 11) is 0. The lowest BCUT2D eigenvalue weighted by molar-refractivity contribution is -0.125. The fraction of sp³-hybridized carbons (Fsp3) is 0.400. The van der Waals surface area contributed by atoms with E-state index in [0.717, 1.165) is 12.0 Å². The van der Waals surface area contributed by atoms with E-state index in [1.165, 1.54) is 5.56 Å². The van der Waals surface area contributed by atoms with Crippen LogP contribution in [-0.2, 0) is 17.6 Å². The lowest BCUT2D eigenvalue weighted by Crippen LogP contribution is -2.22. The molecule has 1 heteroatoms. The van der Waals surface area contributed by atoms with E-state index in [9.17, 15) is 4.79 Å². The molecule has 0 aliphatic heterocycles. The fourth-order valence-corrected chi connectivity index (χ4v) is 1.52. The van der Waals surface area contributed by atoms with E-state index in [1.54, 1.807) is 0 Å². The van der Waals surface area contributed by atoms with Crippen LogP contribution in [0.1, 0.15) is 31.9 Å². The van der Waals surface area contributed by atoms with Gasteiger partial charge in [-0.3, -0.25) is 4.79 Å². The Bertz CT molecular complexity index is 383. The number of carbonyl (C=O) groups is 1. The van der Waals surface area contributed by atoms with Gasteiger partial charge in [0, 0.05) is 11.8 Å². The summed E-state index contributed by atoms with van der Waals surface area (Å²) in [6.07, 6.45) is 3.22. The Balaban J connectivity index is 2.88. The minimum atomic E-state index is -0.263. The molecule has 0 aliphatic carbocycles. The van der Waals surface area contributed by atoms with Crippen molar-refractivity contribution >= 4 is 5.78 Å². The van der Waals surface area contributed by atoms with Gasteiger partial charge in [-0.2, -0.15) is 0 Å². The number of hydrogen-bond donors (Lipinski definition) is 0. The maximum absolute atomic E-state index is 12.0. The second-order valence-corrected chi connectivity index (χ2v) is 5.11. The first-order valence-corrected chi connectivity index (χ1v) is 5.66. The molecule has 1 aromatic carbocycles. The van der Waals surface area contributed by atoms with E-state index in [2.05, 4.69) is 12.6 Å². The predicted octanol–water partition coefficient (Wildman–Crippen LogP) is 3.57. The highest BCUT2D eigenvalue weighted by Crippen LogP contribution is 2.20. The molecule has 1 rings (SSSR count). The normalized spacial score (nSPS) is 11.2. The van der Waals surface area contributed by atoms with E-state index in [1.807, 2.05) is 45.0 Å². The van der Waals surface area contributed by atoms with Crippen molar-refractivity contribution in [2.24, 2.45) is 5.41 Å². The van der Waals surface area contributed by atoms with Crippen molar-refractivity contribution in [2.45, 2.75) is 33.6 Å². The number of carbonyl (C=O) groups excluding carboxylic acids is 1. The summed E-state index contributed by atoms with van der Waals surface area (Å²) in [4.78, 5) is 12.0. The predicted molar refractivity (Wildman–Crippen MR) is 68.5 cm³/mol. The first-order chi connectivity index (χ1) is 7.45. The SMILES string of the molecule is C=CCc1ccccc1CC(=O)C(C)(C)C. The zero-order valence-corrected chi connectivity index (χ0v) is 10.4. The molecule has 16 heavy (non-hydrogen) atoms. The Morgan fingerprint density at radius 1 is 1.25 bits per heavy atom. The van der Waals surface area contributed by atoms with Crippen LogP contribution in [0.15, 0.2) is 36.9 Å². The molecule has 0 amide bonds. The Kier molecular flexibility index (Phi) is 4.05. The molecule has 0 spiro atoms. The molecule has 0 atom stereocenters. The third-order valence-corrected chi connectivity index (χ3v) is 2.67. The van der Waals surface area contributed by atoms with Crippen LogP contribution in [0, 0.1) is 5.41 Å². The van der Waals surface area contributed by atoms with Gasteiger partial charge in [-0.1, -0.05) is 51.1 Å². The summed E-state index contributed by atoms with van der Waals surface area (Å²) in [6, 6.07) is 8.08. The number of Topliss-reactive ketones (excluding diaryl/α,β-unsaturated/α-hetero) is 1. The van der Waals surface area contributed by atoms with Crippen LogP contribution in [0.4, 0.5) is 0 Å². The molecule has 0 saturated heterocycles. The summed E-state index contributed by atoms with van der Waals surface area (Å²) < 4.78 is 0. The van der Waals surface area contributed by atoms with E-state index in [0.29, 0.717) is 6.42 Å². The van der Waals surface area contributed by atoms with Crippen molar-refractivity contribution in [1.82, 2.24) is 0 Å². The number of allylic oxidation sites excluding steroid dienone is 1. The Morgan fingerprint density at radius 3 is 2.31 bits per heavy atom. The van der Waals surface area contributed by atoms with E-state index in [4.69, 9.17) is 0 Å². The number of hydrogen-bond acceptors (Lipinski definition) is 1. The van der Waals surface area contributed by atoms with Gasteiger partial charge in [-0.05, 0) is 17.5 Å². The second kappa shape index (κ2) is 5.11. The van der Waals surface area contributed by atoms with Gasteiger partial charge in [0.15, 0.2) is 0 Å². The maximum Gasteiger partial charge on any atom is 0.142 e. The van der Waals surface area contributed by atoms with Crippen LogP contribution < -0.4 is 0 Å². The van der Waals surface area contributed by atoms with E-state index < -0.39 is 0 Å². The van der Waals surface area contributed by atoms with E-state index >= 15 is 0 Å². The second-order valence-electron chi connectivity index (χ2n) is 5.11. The van der Waals surface area contributed by atoms with Gasteiger partial charge < -0.3 is 0 Å². The lowest BCUT2D eigenvalue weighted by Gasteiger charge is -2.17. The molecule has 0 heterocycles. The van der Waals surface area contributed by atoms with Crippen molar-refractivity contribution in [3.63, 3.8) is 0 Å². The highest BCUT2D eigenvalue weighted by molar-refractivity contribution is 5.86. The van der Waals surface area contributed by atoms with Crippen molar-refractivity contribution in [2.75, 3.05) is 0 Å². The molecule has 0 bridgehead atoms. The minimum Gasteiger partial charge on any atom is -0.299 e. The average Bonchev–Trinajstić information content (AvgIpc) is 2.20. The topological polar surface area (TPSA) is 17.1 Å². The Morgan fingerprint density at radius 2 is 1.81 bits per heavy atom. The standard InChI is InChI=1S/C15H20O/c1-5-8-12-9-6-7-10-13(12)11-14(16)15(2,3)4/h5-7,9-10H,1,8,11H2,2-4H3. The van der Waals surface area contributed by atoms with Crippen LogP contribution in [-0.4, -0.2) is 5.78 Å². The van der Waals surface area contributed by atoms with Gasteiger partial charge in [0.25, 0.3) is 0 Å². The van der Waals surface area contributed by atoms with Crippen LogP contribution in [0.5, 0.6) is 0 Å². The van der Waals surface area contributed by atoms with Crippen molar-refractivity contribution in [3.05, 3.63) is 48.0 Å². The van der Waals surface area contributed by atoms with Gasteiger partial charge in [0.1, 0.15) is 5.78 Å². The highest BCUT2D eigenvalue weighted by atomic mass is 16.1. The third kappa shape index (κ3) is 3.34. The largest absolute Gasteiger partial charge is 0.299 e. The van der Waals surface area contributed by atoms with Gasteiger partial charge >= 0.3 is 0 Å². The molecule has 0 radical (unpaired) electrons.